The van der Waals surface area contributed by atoms with Crippen molar-refractivity contribution in [2.45, 2.75) is 13.1 Å². The lowest BCUT2D eigenvalue weighted by Gasteiger charge is -2.15. The summed E-state index contributed by atoms with van der Waals surface area (Å²) in [7, 11) is 0. The number of hydrogen-bond acceptors (Lipinski definition) is 2. The topological polar surface area (TPSA) is 38.0 Å². The van der Waals surface area contributed by atoms with Gasteiger partial charge < -0.3 is 11.1 Å². The zero-order chi connectivity index (χ0) is 14.0. The molecule has 0 spiro atoms. The summed E-state index contributed by atoms with van der Waals surface area (Å²) in [6, 6.07) is 10.4. The van der Waals surface area contributed by atoms with Gasteiger partial charge in [0.15, 0.2) is 0 Å². The second kappa shape index (κ2) is 4.84. The normalized spacial score (nSPS) is 11.4. The second-order valence-corrected chi connectivity index (χ2v) is 4.24. The van der Waals surface area contributed by atoms with Gasteiger partial charge in [-0.25, -0.2) is 0 Å². The molecule has 0 aliphatic carbocycles. The van der Waals surface area contributed by atoms with Crippen LogP contribution in [0.25, 0.3) is 0 Å². The Labute approximate surface area is 109 Å². The Morgan fingerprint density at radius 1 is 1.00 bits per heavy atom. The number of halogens is 3. The number of rotatable bonds is 2. The van der Waals surface area contributed by atoms with E-state index in [1.165, 1.54) is 12.1 Å². The average Bonchev–Trinajstić information content (AvgIpc) is 2.32. The molecule has 0 heterocycles. The maximum atomic E-state index is 12.9. The largest absolute Gasteiger partial charge is 0.418 e. The summed E-state index contributed by atoms with van der Waals surface area (Å²) in [6.45, 7) is 1.79. The molecule has 0 saturated heterocycles. The molecule has 0 atom stereocenters. The minimum atomic E-state index is -4.38. The van der Waals surface area contributed by atoms with Crippen LogP contribution in [-0.4, -0.2) is 0 Å². The first kappa shape index (κ1) is 13.3. The number of benzene rings is 2. The Kier molecular flexibility index (Phi) is 3.38. The minimum absolute atomic E-state index is 0.0304. The van der Waals surface area contributed by atoms with Gasteiger partial charge in [-0.3, -0.25) is 0 Å². The highest BCUT2D eigenvalue weighted by Crippen LogP contribution is 2.36. The highest BCUT2D eigenvalue weighted by molar-refractivity contribution is 5.68. The summed E-state index contributed by atoms with van der Waals surface area (Å²) in [5, 5.41) is 2.80. The van der Waals surface area contributed by atoms with E-state index in [-0.39, 0.29) is 5.69 Å². The summed E-state index contributed by atoms with van der Waals surface area (Å²) < 4.78 is 38.6. The maximum absolute atomic E-state index is 12.9. The molecule has 0 unspecified atom stereocenters. The lowest BCUT2D eigenvalue weighted by atomic mass is 10.1. The minimum Gasteiger partial charge on any atom is -0.399 e. The van der Waals surface area contributed by atoms with E-state index in [4.69, 9.17) is 5.73 Å². The fourth-order valence-corrected chi connectivity index (χ4v) is 1.81. The Hall–Kier alpha value is -2.17. The fraction of sp³-hybridized carbons (Fsp3) is 0.143. The summed E-state index contributed by atoms with van der Waals surface area (Å²) in [5.74, 6) is 0. The van der Waals surface area contributed by atoms with Crippen LogP contribution >= 0.6 is 0 Å². The number of para-hydroxylation sites is 1. The first-order valence-electron chi connectivity index (χ1n) is 5.67. The Morgan fingerprint density at radius 2 is 1.68 bits per heavy atom. The van der Waals surface area contributed by atoms with Crippen molar-refractivity contribution >= 4 is 17.1 Å². The molecule has 0 radical (unpaired) electrons. The lowest BCUT2D eigenvalue weighted by molar-refractivity contribution is -0.136. The summed E-state index contributed by atoms with van der Waals surface area (Å²) in [6.07, 6.45) is -4.38. The van der Waals surface area contributed by atoms with Gasteiger partial charge in [0.05, 0.1) is 11.3 Å². The fourth-order valence-electron chi connectivity index (χ4n) is 1.81. The van der Waals surface area contributed by atoms with Crippen molar-refractivity contribution < 1.29 is 13.2 Å². The van der Waals surface area contributed by atoms with Gasteiger partial charge in [0.1, 0.15) is 0 Å². The van der Waals surface area contributed by atoms with Crippen molar-refractivity contribution in [3.05, 3.63) is 53.6 Å². The predicted octanol–water partition coefficient (Wildman–Crippen LogP) is 4.34. The summed E-state index contributed by atoms with van der Waals surface area (Å²) >= 11 is 0. The van der Waals surface area contributed by atoms with Crippen LogP contribution in [0, 0.1) is 6.92 Å². The van der Waals surface area contributed by atoms with Crippen molar-refractivity contribution in [2.75, 3.05) is 11.1 Å². The molecule has 19 heavy (non-hydrogen) atoms. The molecule has 0 fully saturated rings. The molecule has 5 heteroatoms. The molecule has 0 aliphatic rings. The highest BCUT2D eigenvalue weighted by atomic mass is 19.4. The van der Waals surface area contributed by atoms with Gasteiger partial charge in [0, 0.05) is 11.4 Å². The van der Waals surface area contributed by atoms with E-state index >= 15 is 0 Å². The van der Waals surface area contributed by atoms with E-state index in [2.05, 4.69) is 5.32 Å². The second-order valence-electron chi connectivity index (χ2n) is 4.24. The summed E-state index contributed by atoms with van der Waals surface area (Å²) in [5.41, 5.74) is 6.92. The van der Waals surface area contributed by atoms with Crippen LogP contribution in [0.1, 0.15) is 11.1 Å². The van der Waals surface area contributed by atoms with Crippen molar-refractivity contribution in [3.8, 4) is 0 Å². The molecule has 2 aromatic rings. The van der Waals surface area contributed by atoms with Crippen molar-refractivity contribution in [1.29, 1.82) is 0 Å². The third-order valence-corrected chi connectivity index (χ3v) is 2.75. The number of nitrogens with two attached hydrogens (primary N) is 1. The summed E-state index contributed by atoms with van der Waals surface area (Å²) in [4.78, 5) is 0. The number of nitrogens with one attached hydrogen (secondary N) is 1. The molecule has 2 aromatic carbocycles. The number of nitrogen functional groups attached to an aromatic ring is 1. The van der Waals surface area contributed by atoms with E-state index in [9.17, 15) is 13.2 Å². The first-order chi connectivity index (χ1) is 8.88. The quantitative estimate of drug-likeness (QED) is 0.793. The van der Waals surface area contributed by atoms with Crippen LogP contribution in [0.2, 0.25) is 0 Å². The van der Waals surface area contributed by atoms with E-state index in [0.29, 0.717) is 11.4 Å². The van der Waals surface area contributed by atoms with Crippen molar-refractivity contribution in [2.24, 2.45) is 0 Å². The van der Waals surface area contributed by atoms with Gasteiger partial charge in [0.2, 0.25) is 0 Å². The molecule has 0 bridgehead atoms. The molecule has 0 saturated carbocycles. The van der Waals surface area contributed by atoms with Crippen LogP contribution in [0.3, 0.4) is 0 Å². The Morgan fingerprint density at radius 3 is 2.32 bits per heavy atom. The van der Waals surface area contributed by atoms with Gasteiger partial charge in [-0.15, -0.1) is 0 Å². The molecular weight excluding hydrogens is 253 g/mol. The van der Waals surface area contributed by atoms with Crippen molar-refractivity contribution in [1.82, 2.24) is 0 Å². The standard InChI is InChI=1S/C14H13F3N2/c1-9-8-10(18)6-7-12(9)19-13-5-3-2-4-11(13)14(15,16)17/h2-8,19H,18H2,1H3. The lowest BCUT2D eigenvalue weighted by Crippen LogP contribution is -2.08. The number of anilines is 3. The van der Waals surface area contributed by atoms with Gasteiger partial charge in [-0.1, -0.05) is 12.1 Å². The number of aryl methyl sites for hydroxylation is 1. The van der Waals surface area contributed by atoms with Crippen LogP contribution in [0.15, 0.2) is 42.5 Å². The third-order valence-electron chi connectivity index (χ3n) is 2.75. The molecule has 100 valence electrons. The molecular formula is C14H13F3N2. The third kappa shape index (κ3) is 2.99. The molecule has 3 N–H and O–H groups in total. The predicted molar refractivity (Wildman–Crippen MR) is 70.3 cm³/mol. The van der Waals surface area contributed by atoms with E-state index in [0.717, 1.165) is 11.6 Å². The molecule has 2 nitrogen and oxygen atoms in total. The Balaban J connectivity index is 2.39. The molecule has 0 aromatic heterocycles. The van der Waals surface area contributed by atoms with E-state index < -0.39 is 11.7 Å². The van der Waals surface area contributed by atoms with Gasteiger partial charge in [-0.2, -0.15) is 13.2 Å². The number of alkyl halides is 3. The molecule has 2 rings (SSSR count). The van der Waals surface area contributed by atoms with E-state index in [1.54, 1.807) is 31.2 Å². The zero-order valence-corrected chi connectivity index (χ0v) is 10.3. The number of hydrogen-bond donors (Lipinski definition) is 2. The SMILES string of the molecule is Cc1cc(N)ccc1Nc1ccccc1C(F)(F)F. The van der Waals surface area contributed by atoms with Gasteiger partial charge in [-0.05, 0) is 42.8 Å². The van der Waals surface area contributed by atoms with Crippen LogP contribution < -0.4 is 11.1 Å². The highest BCUT2D eigenvalue weighted by Gasteiger charge is 2.33. The molecule has 0 amide bonds. The Bertz CT molecular complexity index is 591. The monoisotopic (exact) mass is 266 g/mol. The first-order valence-corrected chi connectivity index (χ1v) is 5.67. The zero-order valence-electron chi connectivity index (χ0n) is 10.3. The maximum Gasteiger partial charge on any atom is 0.418 e. The van der Waals surface area contributed by atoms with Crippen molar-refractivity contribution in [3.63, 3.8) is 0 Å². The van der Waals surface area contributed by atoms with Crippen LogP contribution in [0.5, 0.6) is 0 Å². The van der Waals surface area contributed by atoms with Crippen LogP contribution in [-0.2, 0) is 6.18 Å². The van der Waals surface area contributed by atoms with Gasteiger partial charge in [0.25, 0.3) is 0 Å². The van der Waals surface area contributed by atoms with E-state index in [1.807, 2.05) is 0 Å². The average molecular weight is 266 g/mol. The van der Waals surface area contributed by atoms with Crippen LogP contribution in [0.4, 0.5) is 30.2 Å². The smallest absolute Gasteiger partial charge is 0.399 e. The van der Waals surface area contributed by atoms with Gasteiger partial charge >= 0.3 is 6.18 Å². The molecule has 0 aliphatic heterocycles.